The zero-order valence-electron chi connectivity index (χ0n) is 39.0. The Kier molecular flexibility index (Phi) is 14.4. The average molecular weight is 922 g/mol. The number of Topliss-reactive ketones (excluding diaryl/α,β-unsaturated/α-hetero) is 3. The summed E-state index contributed by atoms with van der Waals surface area (Å²) in [5, 5.41) is 42.5. The fourth-order valence-corrected chi connectivity index (χ4v) is 9.35. The Morgan fingerprint density at radius 1 is 0.896 bits per heavy atom. The molecule has 4 aliphatic heterocycles. The molecule has 2 amide bonds. The lowest BCUT2D eigenvalue weighted by molar-refractivity contribution is -0.116. The predicted octanol–water partition coefficient (Wildman–Crippen LogP) is 5.81. The van der Waals surface area contributed by atoms with Gasteiger partial charge in [0.05, 0.1) is 54.5 Å². The van der Waals surface area contributed by atoms with Crippen LogP contribution in [0.15, 0.2) is 90.0 Å². The van der Waals surface area contributed by atoms with Gasteiger partial charge in [-0.05, 0) is 36.3 Å². The number of ketones is 3. The Bertz CT molecular complexity index is 2590. The topological polar surface area (TPSA) is 219 Å². The van der Waals surface area contributed by atoms with E-state index in [1.807, 2.05) is 42.5 Å². The number of allylic oxidation sites excluding steroid dienone is 4. The van der Waals surface area contributed by atoms with E-state index in [2.05, 4.69) is 10.6 Å². The summed E-state index contributed by atoms with van der Waals surface area (Å²) in [6, 6.07) is 13.6. The van der Waals surface area contributed by atoms with Crippen molar-refractivity contribution in [3.8, 4) is 11.5 Å². The number of aromatic hydroxyl groups is 1. The third-order valence-electron chi connectivity index (χ3n) is 13.5. The molecule has 356 valence electrons. The Balaban J connectivity index is 1.27. The van der Waals surface area contributed by atoms with E-state index in [1.54, 1.807) is 44.7 Å². The zero-order valence-corrected chi connectivity index (χ0v) is 39.0. The summed E-state index contributed by atoms with van der Waals surface area (Å²) in [5.74, 6) is -8.88. The van der Waals surface area contributed by atoms with Crippen LogP contribution in [0.5, 0.6) is 11.5 Å². The molecule has 8 rings (SSSR count). The van der Waals surface area contributed by atoms with Gasteiger partial charge < -0.3 is 54.5 Å². The summed E-state index contributed by atoms with van der Waals surface area (Å²) in [6.45, 7) is 12.1. The highest BCUT2D eigenvalue weighted by molar-refractivity contribution is 6.32. The highest BCUT2D eigenvalue weighted by Crippen LogP contribution is 2.49. The Labute approximate surface area is 389 Å². The molecule has 1 fully saturated rings. The average Bonchev–Trinajstić information content (AvgIpc) is 3.59. The quantitative estimate of drug-likeness (QED) is 0.204. The number of phenolic OH excluding ortho intramolecular Hbond substituents is 1. The molecule has 3 aromatic rings. The summed E-state index contributed by atoms with van der Waals surface area (Å²) >= 11 is 0. The number of ether oxygens (including phenoxy) is 5. The number of carbonyl (C=O) groups excluding carboxylic acids is 5. The van der Waals surface area contributed by atoms with Crippen molar-refractivity contribution in [2.24, 2.45) is 23.7 Å². The minimum Gasteiger partial charge on any atom is -0.507 e. The maximum atomic E-state index is 14.8. The largest absolute Gasteiger partial charge is 0.507 e. The molecule has 5 N–H and O–H groups in total. The number of hydrogen-bond donors (Lipinski definition) is 5. The van der Waals surface area contributed by atoms with Gasteiger partial charge in [-0.15, -0.1) is 0 Å². The molecule has 0 unspecified atom stereocenters. The SMILES string of the molecule is CO[C@H]1/C=C/O[C@@]2(C)Oc3c(C)c(O)c4c(c3C2=O)C(=O)C(N2CCOCC2)=C(NC(=O)/C(C)=C\C=C\[C@H](C)[C@H](O)[C@@H](C)[C@@H](O)[C@@H](C)[C@H](OC(=O)NCc2cccc3ccccc23)[C@@H]1C)C4=O. The van der Waals surface area contributed by atoms with Crippen LogP contribution < -0.4 is 15.4 Å². The minimum atomic E-state index is -2.11. The van der Waals surface area contributed by atoms with E-state index in [-0.39, 0.29) is 72.3 Å². The van der Waals surface area contributed by atoms with Crippen molar-refractivity contribution < 1.29 is 63.0 Å². The van der Waals surface area contributed by atoms with Gasteiger partial charge in [-0.1, -0.05) is 88.4 Å². The van der Waals surface area contributed by atoms with Crippen molar-refractivity contribution in [2.75, 3.05) is 33.4 Å². The van der Waals surface area contributed by atoms with Gasteiger partial charge in [0, 0.05) is 68.5 Å². The number of hydrogen-bond acceptors (Lipinski definition) is 14. The Morgan fingerprint density at radius 3 is 2.31 bits per heavy atom. The van der Waals surface area contributed by atoms with Crippen molar-refractivity contribution in [2.45, 2.75) is 85.2 Å². The van der Waals surface area contributed by atoms with Crippen LogP contribution in [-0.2, 0) is 30.3 Å². The molecule has 0 radical (unpaired) electrons. The molecule has 5 bridgehead atoms. The molecule has 16 nitrogen and oxygen atoms in total. The van der Waals surface area contributed by atoms with Gasteiger partial charge >= 0.3 is 11.9 Å². The lowest BCUT2D eigenvalue weighted by Crippen LogP contribution is -2.47. The first kappa shape index (κ1) is 48.6. The van der Waals surface area contributed by atoms with Crippen LogP contribution in [0.25, 0.3) is 10.8 Å². The number of carbonyl (C=O) groups is 5. The van der Waals surface area contributed by atoms with Gasteiger partial charge in [0.1, 0.15) is 29.0 Å². The first-order chi connectivity index (χ1) is 31.9. The van der Waals surface area contributed by atoms with Crippen LogP contribution in [0, 0.1) is 30.6 Å². The maximum Gasteiger partial charge on any atom is 0.407 e. The summed E-state index contributed by atoms with van der Waals surface area (Å²) in [7, 11) is 1.43. The monoisotopic (exact) mass is 921 g/mol. The molecule has 0 saturated carbocycles. The van der Waals surface area contributed by atoms with E-state index in [0.717, 1.165) is 16.3 Å². The summed E-state index contributed by atoms with van der Waals surface area (Å²) < 4.78 is 29.7. The molecule has 3 aromatic carbocycles. The van der Waals surface area contributed by atoms with E-state index in [1.165, 1.54) is 46.3 Å². The fraction of sp³-hybridized carbons (Fsp3) is 0.431. The van der Waals surface area contributed by atoms with E-state index in [0.29, 0.717) is 0 Å². The number of aliphatic hydroxyl groups excluding tert-OH is 2. The number of methoxy groups -OCH3 is 1. The molecule has 9 atom stereocenters. The summed E-state index contributed by atoms with van der Waals surface area (Å²) in [4.78, 5) is 73.0. The van der Waals surface area contributed by atoms with Crippen molar-refractivity contribution >= 4 is 40.1 Å². The predicted molar refractivity (Wildman–Crippen MR) is 246 cm³/mol. The molecule has 67 heavy (non-hydrogen) atoms. The smallest absolute Gasteiger partial charge is 0.407 e. The van der Waals surface area contributed by atoms with E-state index in [9.17, 15) is 39.3 Å². The van der Waals surface area contributed by atoms with Gasteiger partial charge in [-0.2, -0.15) is 0 Å². The zero-order chi connectivity index (χ0) is 48.5. The lowest BCUT2D eigenvalue weighted by atomic mass is 9.78. The minimum absolute atomic E-state index is 0.00743. The van der Waals surface area contributed by atoms with Crippen LogP contribution >= 0.6 is 0 Å². The van der Waals surface area contributed by atoms with Gasteiger partial charge in [-0.25, -0.2) is 4.79 Å². The number of fused-ring (bicyclic) bond motifs is 15. The molecule has 1 saturated heterocycles. The van der Waals surface area contributed by atoms with E-state index >= 15 is 0 Å². The highest BCUT2D eigenvalue weighted by Gasteiger charge is 2.53. The van der Waals surface area contributed by atoms with Crippen molar-refractivity contribution in [1.82, 2.24) is 15.5 Å². The highest BCUT2D eigenvalue weighted by atomic mass is 16.7. The van der Waals surface area contributed by atoms with Gasteiger partial charge in [0.25, 0.3) is 11.7 Å². The molecule has 5 aliphatic rings. The number of nitrogens with zero attached hydrogens (tertiary/aromatic N) is 1. The third kappa shape index (κ3) is 9.35. The molecule has 0 aromatic heterocycles. The second-order valence-electron chi connectivity index (χ2n) is 17.9. The van der Waals surface area contributed by atoms with Crippen LogP contribution in [0.1, 0.15) is 83.7 Å². The first-order valence-corrected chi connectivity index (χ1v) is 22.5. The van der Waals surface area contributed by atoms with Crippen molar-refractivity contribution in [3.05, 3.63) is 118 Å². The molecule has 0 spiro atoms. The third-order valence-corrected chi connectivity index (χ3v) is 13.5. The Hall–Kier alpha value is -6.33. The number of morpholine rings is 1. The van der Waals surface area contributed by atoms with Crippen LogP contribution in [0.2, 0.25) is 0 Å². The second-order valence-corrected chi connectivity index (χ2v) is 17.9. The summed E-state index contributed by atoms with van der Waals surface area (Å²) in [5.41, 5.74) is -0.665. The number of benzene rings is 3. The van der Waals surface area contributed by atoms with Gasteiger partial charge in [-0.3, -0.25) is 19.2 Å². The van der Waals surface area contributed by atoms with Crippen molar-refractivity contribution in [1.29, 1.82) is 0 Å². The Morgan fingerprint density at radius 2 is 1.60 bits per heavy atom. The lowest BCUT2D eigenvalue weighted by Gasteiger charge is -2.38. The second kappa shape index (κ2) is 19.9. The van der Waals surface area contributed by atoms with Crippen LogP contribution in [0.4, 0.5) is 4.79 Å². The number of rotatable bonds is 5. The number of nitrogens with one attached hydrogen (secondary N) is 2. The number of alkyl carbamates (subject to hydrolysis) is 1. The van der Waals surface area contributed by atoms with E-state index in [4.69, 9.17) is 23.7 Å². The first-order valence-electron chi connectivity index (χ1n) is 22.5. The number of aliphatic hydroxyl groups is 2. The standard InChI is InChI=1S/C51H59N3O13/c1-26-13-11-14-27(2)49(61)53-39-40(54-20-23-64-24-21-54)45(59)36-37(44(39)58)43(57)31(6)47-38(36)48(60)51(7,67-47)65-22-19-35(63-8)28(3)46(30(5)42(56)29(4)41(26)55)66-50(62)52-25-33-17-12-16-32-15-9-10-18-34(32)33/h9-19,22,26,28-30,35,41-42,46,55-57H,20-21,23-25H2,1-8H3,(H,52,62)(H,53,61)/b13-11+,22-19+,27-14-/t26-,28+,29+,30+,35-,41-,42+,46+,51-/m0/s1. The molecule has 4 heterocycles. The van der Waals surface area contributed by atoms with Crippen LogP contribution in [-0.4, -0.2) is 113 Å². The van der Waals surface area contributed by atoms with Gasteiger partial charge in [0.2, 0.25) is 11.6 Å². The van der Waals surface area contributed by atoms with Crippen LogP contribution in [0.3, 0.4) is 0 Å². The maximum absolute atomic E-state index is 14.8. The molecule has 1 aliphatic carbocycles. The van der Waals surface area contributed by atoms with Gasteiger partial charge in [0.15, 0.2) is 0 Å². The number of amides is 2. The normalized spacial score (nSPS) is 30.2. The number of phenols is 1. The molecule has 16 heteroatoms. The fourth-order valence-electron chi connectivity index (χ4n) is 9.35. The molecular weight excluding hydrogens is 863 g/mol. The van der Waals surface area contributed by atoms with E-state index < -0.39 is 94.5 Å². The summed E-state index contributed by atoms with van der Waals surface area (Å²) in [6.07, 6.45) is 2.39. The molecular formula is C51H59N3O13. The van der Waals surface area contributed by atoms with Crippen molar-refractivity contribution in [3.63, 3.8) is 0 Å².